The molecular formula is C19H16Cl2F2N4OS. The Kier molecular flexibility index (Phi) is 6.89. The van der Waals surface area contributed by atoms with Crippen molar-refractivity contribution < 1.29 is 13.5 Å². The van der Waals surface area contributed by atoms with E-state index in [1.165, 1.54) is 6.07 Å². The van der Waals surface area contributed by atoms with Crippen molar-refractivity contribution in [1.82, 2.24) is 9.78 Å². The highest BCUT2D eigenvalue weighted by Gasteiger charge is 2.14. The predicted octanol–water partition coefficient (Wildman–Crippen LogP) is 5.96. The third kappa shape index (κ3) is 5.79. The molecule has 0 bridgehead atoms. The quantitative estimate of drug-likeness (QED) is 0.448. The third-order valence-corrected chi connectivity index (χ3v) is 4.69. The lowest BCUT2D eigenvalue weighted by atomic mass is 10.2. The second-order valence-corrected chi connectivity index (χ2v) is 7.29. The number of nitrogens with one attached hydrogen (secondary N) is 2. The first-order chi connectivity index (χ1) is 13.8. The summed E-state index contributed by atoms with van der Waals surface area (Å²) in [4.78, 5) is 0. The fraction of sp³-hybridized carbons (Fsp3) is 0.158. The van der Waals surface area contributed by atoms with Crippen LogP contribution >= 0.6 is 35.4 Å². The van der Waals surface area contributed by atoms with Crippen molar-refractivity contribution in [1.29, 1.82) is 0 Å². The summed E-state index contributed by atoms with van der Waals surface area (Å²) in [6.07, 6.45) is 1.63. The molecule has 0 saturated heterocycles. The summed E-state index contributed by atoms with van der Waals surface area (Å²) in [6, 6.07) is 12.1. The third-order valence-electron chi connectivity index (χ3n) is 3.84. The monoisotopic (exact) mass is 456 g/mol. The van der Waals surface area contributed by atoms with E-state index in [0.29, 0.717) is 28.1 Å². The molecule has 0 amide bonds. The van der Waals surface area contributed by atoms with Crippen LogP contribution in [0.25, 0.3) is 0 Å². The molecule has 152 valence electrons. The molecule has 0 fully saturated rings. The molecule has 2 aromatic carbocycles. The maximum Gasteiger partial charge on any atom is 0.387 e. The minimum Gasteiger partial charge on any atom is -0.433 e. The van der Waals surface area contributed by atoms with E-state index in [2.05, 4.69) is 20.5 Å². The second kappa shape index (κ2) is 9.39. The van der Waals surface area contributed by atoms with Crippen molar-refractivity contribution in [2.75, 3.05) is 10.6 Å². The molecule has 1 heterocycles. The number of aryl methyl sites for hydroxylation is 1. The number of hydrogen-bond donors (Lipinski definition) is 2. The molecule has 0 unspecified atom stereocenters. The summed E-state index contributed by atoms with van der Waals surface area (Å²) >= 11 is 17.7. The van der Waals surface area contributed by atoms with Crippen molar-refractivity contribution >= 4 is 52.0 Å². The van der Waals surface area contributed by atoms with Crippen LogP contribution in [-0.2, 0) is 6.54 Å². The topological polar surface area (TPSA) is 51.1 Å². The highest BCUT2D eigenvalue weighted by Crippen LogP contribution is 2.28. The lowest BCUT2D eigenvalue weighted by Crippen LogP contribution is -2.20. The largest absolute Gasteiger partial charge is 0.433 e. The second-order valence-electron chi connectivity index (χ2n) is 6.07. The van der Waals surface area contributed by atoms with Gasteiger partial charge >= 0.3 is 6.61 Å². The van der Waals surface area contributed by atoms with E-state index in [4.69, 9.17) is 35.4 Å². The van der Waals surface area contributed by atoms with Crippen molar-refractivity contribution in [2.45, 2.75) is 20.1 Å². The molecule has 3 aromatic rings. The number of ether oxygens (including phenoxy) is 1. The van der Waals surface area contributed by atoms with Gasteiger partial charge in [-0.25, -0.2) is 0 Å². The number of anilines is 2. The molecular weight excluding hydrogens is 441 g/mol. The molecule has 0 spiro atoms. The molecule has 0 aliphatic heterocycles. The summed E-state index contributed by atoms with van der Waals surface area (Å²) in [5, 5.41) is 11.1. The Bertz CT molecular complexity index is 1030. The number of alkyl halides is 2. The number of hydrogen-bond acceptors (Lipinski definition) is 3. The van der Waals surface area contributed by atoms with Crippen molar-refractivity contribution in [2.24, 2.45) is 0 Å². The minimum absolute atomic E-state index is 0.0231. The lowest BCUT2D eigenvalue weighted by Gasteiger charge is -2.14. The van der Waals surface area contributed by atoms with Crippen molar-refractivity contribution in [3.8, 4) is 5.75 Å². The number of thiocarbonyl (C=S) groups is 1. The molecule has 0 aliphatic carbocycles. The molecule has 0 aliphatic rings. The van der Waals surface area contributed by atoms with Crippen LogP contribution in [0.5, 0.6) is 5.75 Å². The highest BCUT2D eigenvalue weighted by molar-refractivity contribution is 7.80. The van der Waals surface area contributed by atoms with Gasteiger partial charge in [-0.2, -0.15) is 13.9 Å². The van der Waals surface area contributed by atoms with Crippen LogP contribution in [-0.4, -0.2) is 21.5 Å². The smallest absolute Gasteiger partial charge is 0.387 e. The maximum atomic E-state index is 12.6. The van der Waals surface area contributed by atoms with Gasteiger partial charge in [-0.1, -0.05) is 47.5 Å². The zero-order valence-corrected chi connectivity index (χ0v) is 17.5. The van der Waals surface area contributed by atoms with E-state index in [1.807, 2.05) is 25.1 Å². The molecule has 2 N–H and O–H groups in total. The lowest BCUT2D eigenvalue weighted by molar-refractivity contribution is -0.0493. The van der Waals surface area contributed by atoms with Crippen molar-refractivity contribution in [3.63, 3.8) is 0 Å². The average Bonchev–Trinajstić information content (AvgIpc) is 2.98. The van der Waals surface area contributed by atoms with Gasteiger partial charge in [0.05, 0.1) is 12.2 Å². The van der Waals surface area contributed by atoms with Crippen LogP contribution in [0.15, 0.2) is 48.7 Å². The summed E-state index contributed by atoms with van der Waals surface area (Å²) in [6.45, 7) is -0.707. The zero-order chi connectivity index (χ0) is 21.0. The van der Waals surface area contributed by atoms with E-state index >= 15 is 0 Å². The normalized spacial score (nSPS) is 10.8. The first-order valence-electron chi connectivity index (χ1n) is 8.41. The fourth-order valence-electron chi connectivity index (χ4n) is 2.57. The highest BCUT2D eigenvalue weighted by atomic mass is 35.5. The minimum atomic E-state index is -2.95. The van der Waals surface area contributed by atoms with Gasteiger partial charge in [-0.15, -0.1) is 0 Å². The van der Waals surface area contributed by atoms with Gasteiger partial charge < -0.3 is 15.4 Å². The van der Waals surface area contributed by atoms with Gasteiger partial charge in [0.2, 0.25) is 0 Å². The number of nitrogens with zero attached hydrogens (tertiary/aromatic N) is 2. The summed E-state index contributed by atoms with van der Waals surface area (Å²) in [5.74, 6) is 0.297. The Labute approximate surface area is 181 Å². The molecule has 29 heavy (non-hydrogen) atoms. The number of benzene rings is 2. The van der Waals surface area contributed by atoms with Crippen LogP contribution in [0.4, 0.5) is 20.3 Å². The Morgan fingerprint density at radius 3 is 2.66 bits per heavy atom. The van der Waals surface area contributed by atoms with Gasteiger partial charge in [-0.3, -0.25) is 4.68 Å². The standard InChI is InChI=1S/C19H16Cl2F2N4OS/c1-11-6-7-16(28-18(22)23)15(8-11)24-19(29)25-17-14(21)10-27(26-17)9-12-4-2-3-5-13(12)20/h2-8,10,18H,9H2,1H3,(H2,24,25,26,29). The Morgan fingerprint density at radius 2 is 1.93 bits per heavy atom. The number of halogens is 4. The van der Waals surface area contributed by atoms with Crippen LogP contribution in [0.2, 0.25) is 10.0 Å². The molecule has 0 saturated carbocycles. The Morgan fingerprint density at radius 1 is 1.17 bits per heavy atom. The van der Waals surface area contributed by atoms with Crippen LogP contribution < -0.4 is 15.4 Å². The SMILES string of the molecule is Cc1ccc(OC(F)F)c(NC(=S)Nc2nn(Cc3ccccc3Cl)cc2Cl)c1. The van der Waals surface area contributed by atoms with Crippen LogP contribution in [0, 0.1) is 6.92 Å². The molecule has 5 nitrogen and oxygen atoms in total. The first kappa shape index (κ1) is 21.3. The molecule has 0 radical (unpaired) electrons. The zero-order valence-electron chi connectivity index (χ0n) is 15.1. The van der Waals surface area contributed by atoms with E-state index in [9.17, 15) is 8.78 Å². The van der Waals surface area contributed by atoms with E-state index in [0.717, 1.165) is 11.1 Å². The van der Waals surface area contributed by atoms with E-state index in [1.54, 1.807) is 29.1 Å². The van der Waals surface area contributed by atoms with E-state index < -0.39 is 6.61 Å². The summed E-state index contributed by atoms with van der Waals surface area (Å²) in [7, 11) is 0. The van der Waals surface area contributed by atoms with Crippen LogP contribution in [0.3, 0.4) is 0 Å². The molecule has 3 rings (SSSR count). The van der Waals surface area contributed by atoms with Gasteiger partial charge in [0.25, 0.3) is 0 Å². The Hall–Kier alpha value is -2.42. The van der Waals surface area contributed by atoms with E-state index in [-0.39, 0.29) is 10.9 Å². The van der Waals surface area contributed by atoms with Gasteiger partial charge in [0, 0.05) is 11.2 Å². The predicted molar refractivity (Wildman–Crippen MR) is 115 cm³/mol. The number of rotatable bonds is 6. The molecule has 10 heteroatoms. The number of aromatic nitrogens is 2. The Balaban J connectivity index is 1.71. The maximum absolute atomic E-state index is 12.6. The molecule has 1 aromatic heterocycles. The van der Waals surface area contributed by atoms with Gasteiger partial charge in [0.15, 0.2) is 10.9 Å². The summed E-state index contributed by atoms with van der Waals surface area (Å²) < 4.78 is 31.4. The van der Waals surface area contributed by atoms with Crippen LogP contribution in [0.1, 0.15) is 11.1 Å². The first-order valence-corrected chi connectivity index (χ1v) is 9.58. The van der Waals surface area contributed by atoms with Gasteiger partial charge in [0.1, 0.15) is 10.8 Å². The summed E-state index contributed by atoms with van der Waals surface area (Å²) in [5.41, 5.74) is 2.03. The fourth-order valence-corrected chi connectivity index (χ4v) is 3.17. The van der Waals surface area contributed by atoms with Crippen molar-refractivity contribution in [3.05, 3.63) is 69.8 Å². The van der Waals surface area contributed by atoms with Gasteiger partial charge in [-0.05, 0) is 48.5 Å². The molecule has 0 atom stereocenters. The average molecular weight is 457 g/mol.